The summed E-state index contributed by atoms with van der Waals surface area (Å²) in [5, 5.41) is 7.18. The van der Waals surface area contributed by atoms with Crippen LogP contribution in [0, 0.1) is 18.6 Å². The number of rotatable bonds is 4. The molecule has 0 aliphatic heterocycles. The first-order valence-corrected chi connectivity index (χ1v) is 6.36. The highest BCUT2D eigenvalue weighted by molar-refractivity contribution is 5.38. The molecular formula is C14H15F2N3. The predicted octanol–water partition coefficient (Wildman–Crippen LogP) is 2.71. The van der Waals surface area contributed by atoms with Crippen LogP contribution >= 0.6 is 0 Å². The quantitative estimate of drug-likeness (QED) is 0.919. The Labute approximate surface area is 110 Å². The fourth-order valence-corrected chi connectivity index (χ4v) is 2.02. The zero-order valence-corrected chi connectivity index (χ0v) is 10.7. The zero-order chi connectivity index (χ0) is 13.4. The highest BCUT2D eigenvalue weighted by Crippen LogP contribution is 2.22. The van der Waals surface area contributed by atoms with Crippen molar-refractivity contribution in [3.05, 3.63) is 47.3 Å². The van der Waals surface area contributed by atoms with Crippen LogP contribution in [0.4, 0.5) is 8.78 Å². The van der Waals surface area contributed by atoms with Gasteiger partial charge in [0.1, 0.15) is 5.69 Å². The molecule has 0 spiro atoms. The number of benzene rings is 1. The topological polar surface area (TPSA) is 29.9 Å². The summed E-state index contributed by atoms with van der Waals surface area (Å²) >= 11 is 0. The van der Waals surface area contributed by atoms with Gasteiger partial charge in [0, 0.05) is 18.8 Å². The van der Waals surface area contributed by atoms with Gasteiger partial charge in [-0.1, -0.05) is 0 Å². The molecule has 1 aromatic heterocycles. The summed E-state index contributed by atoms with van der Waals surface area (Å²) in [6.45, 7) is 2.32. The Morgan fingerprint density at radius 3 is 2.53 bits per heavy atom. The monoisotopic (exact) mass is 263 g/mol. The lowest BCUT2D eigenvalue weighted by atomic mass is 10.2. The van der Waals surface area contributed by atoms with E-state index < -0.39 is 11.6 Å². The van der Waals surface area contributed by atoms with Gasteiger partial charge in [-0.25, -0.2) is 13.5 Å². The van der Waals surface area contributed by atoms with E-state index in [1.165, 1.54) is 16.8 Å². The molecule has 19 heavy (non-hydrogen) atoms. The number of aromatic nitrogens is 2. The van der Waals surface area contributed by atoms with Gasteiger partial charge in [-0.3, -0.25) is 0 Å². The average Bonchev–Trinajstić information content (AvgIpc) is 3.09. The molecule has 0 unspecified atom stereocenters. The second kappa shape index (κ2) is 4.74. The van der Waals surface area contributed by atoms with Crippen LogP contribution in [-0.4, -0.2) is 15.8 Å². The third-order valence-electron chi connectivity index (χ3n) is 3.19. The molecule has 1 aliphatic carbocycles. The molecule has 1 aromatic carbocycles. The van der Waals surface area contributed by atoms with Gasteiger partial charge in [0.25, 0.3) is 0 Å². The van der Waals surface area contributed by atoms with Gasteiger partial charge in [0.2, 0.25) is 0 Å². The Morgan fingerprint density at radius 2 is 2.00 bits per heavy atom. The molecule has 0 saturated heterocycles. The highest BCUT2D eigenvalue weighted by atomic mass is 19.1. The lowest BCUT2D eigenvalue weighted by Crippen LogP contribution is -2.16. The van der Waals surface area contributed by atoms with Crippen LogP contribution in [0.15, 0.2) is 24.5 Å². The van der Waals surface area contributed by atoms with Crippen LogP contribution in [0.3, 0.4) is 0 Å². The van der Waals surface area contributed by atoms with Crippen molar-refractivity contribution < 1.29 is 8.78 Å². The Hall–Kier alpha value is -1.75. The molecule has 0 radical (unpaired) electrons. The number of halogens is 2. The second-order valence-electron chi connectivity index (χ2n) is 5.03. The Morgan fingerprint density at radius 1 is 1.32 bits per heavy atom. The molecule has 100 valence electrons. The normalized spacial score (nSPS) is 14.9. The van der Waals surface area contributed by atoms with Crippen molar-refractivity contribution in [3.63, 3.8) is 0 Å². The maximum Gasteiger partial charge on any atom is 0.152 e. The lowest BCUT2D eigenvalue weighted by Gasteiger charge is -2.09. The number of hydrogen-bond donors (Lipinski definition) is 1. The molecule has 1 heterocycles. The molecule has 1 fully saturated rings. The maximum absolute atomic E-state index is 14.0. The number of aryl methyl sites for hydroxylation is 1. The second-order valence-corrected chi connectivity index (χ2v) is 5.03. The summed E-state index contributed by atoms with van der Waals surface area (Å²) in [6, 6.07) is 3.25. The number of nitrogens with zero attached hydrogens (tertiary/aromatic N) is 2. The van der Waals surface area contributed by atoms with Crippen molar-refractivity contribution in [2.75, 3.05) is 0 Å². The van der Waals surface area contributed by atoms with Crippen molar-refractivity contribution in [1.82, 2.24) is 15.1 Å². The molecule has 1 saturated carbocycles. The lowest BCUT2D eigenvalue weighted by molar-refractivity contribution is 0.553. The van der Waals surface area contributed by atoms with Gasteiger partial charge >= 0.3 is 0 Å². The van der Waals surface area contributed by atoms with Gasteiger partial charge in [-0.05, 0) is 43.0 Å². The predicted molar refractivity (Wildman–Crippen MR) is 68.1 cm³/mol. The summed E-state index contributed by atoms with van der Waals surface area (Å²) in [7, 11) is 0. The van der Waals surface area contributed by atoms with E-state index in [0.717, 1.165) is 18.4 Å². The van der Waals surface area contributed by atoms with Crippen LogP contribution in [0.5, 0.6) is 0 Å². The first-order chi connectivity index (χ1) is 9.13. The standard InChI is InChI=1S/C14H15F2N3/c1-9-6-18-19(8-9)14-12(15)4-10(5-13(14)16)7-17-11-2-3-11/h4-6,8,11,17H,2-3,7H2,1H3. The largest absolute Gasteiger partial charge is 0.310 e. The molecule has 2 aromatic rings. The van der Waals surface area contributed by atoms with Crippen molar-refractivity contribution in [3.8, 4) is 5.69 Å². The van der Waals surface area contributed by atoms with E-state index in [1.54, 1.807) is 12.4 Å². The highest BCUT2D eigenvalue weighted by Gasteiger charge is 2.21. The van der Waals surface area contributed by atoms with E-state index in [-0.39, 0.29) is 5.69 Å². The van der Waals surface area contributed by atoms with E-state index in [2.05, 4.69) is 10.4 Å². The minimum atomic E-state index is -0.587. The van der Waals surface area contributed by atoms with E-state index in [9.17, 15) is 8.78 Å². The third kappa shape index (κ3) is 2.66. The van der Waals surface area contributed by atoms with Gasteiger partial charge in [0.15, 0.2) is 11.6 Å². The Kier molecular flexibility index (Phi) is 3.06. The summed E-state index contributed by atoms with van der Waals surface area (Å²) in [6.07, 6.45) is 5.47. The number of hydrogen-bond acceptors (Lipinski definition) is 2. The van der Waals surface area contributed by atoms with E-state index in [1.807, 2.05) is 6.92 Å². The fourth-order valence-electron chi connectivity index (χ4n) is 2.02. The molecule has 1 N–H and O–H groups in total. The maximum atomic E-state index is 14.0. The van der Waals surface area contributed by atoms with E-state index >= 15 is 0 Å². The SMILES string of the molecule is Cc1cnn(-c2c(F)cc(CNC3CC3)cc2F)c1. The third-order valence-corrected chi connectivity index (χ3v) is 3.19. The number of nitrogens with one attached hydrogen (secondary N) is 1. The first kappa shape index (κ1) is 12.3. The summed E-state index contributed by atoms with van der Waals surface area (Å²) < 4.78 is 29.3. The van der Waals surface area contributed by atoms with Crippen molar-refractivity contribution >= 4 is 0 Å². The van der Waals surface area contributed by atoms with Gasteiger partial charge in [-0.2, -0.15) is 5.10 Å². The van der Waals surface area contributed by atoms with Gasteiger partial charge < -0.3 is 5.32 Å². The van der Waals surface area contributed by atoms with Crippen LogP contribution in [-0.2, 0) is 6.54 Å². The summed E-state index contributed by atoms with van der Waals surface area (Å²) in [5.41, 5.74) is 1.36. The molecule has 0 amide bonds. The van der Waals surface area contributed by atoms with Crippen molar-refractivity contribution in [2.24, 2.45) is 0 Å². The molecule has 0 bridgehead atoms. The van der Waals surface area contributed by atoms with Crippen molar-refractivity contribution in [2.45, 2.75) is 32.4 Å². The summed E-state index contributed by atoms with van der Waals surface area (Å²) in [4.78, 5) is 0. The fraction of sp³-hybridized carbons (Fsp3) is 0.357. The van der Waals surface area contributed by atoms with Gasteiger partial charge in [0.05, 0.1) is 6.20 Å². The van der Waals surface area contributed by atoms with Gasteiger partial charge in [-0.15, -0.1) is 0 Å². The first-order valence-electron chi connectivity index (χ1n) is 6.36. The molecule has 3 nitrogen and oxygen atoms in total. The van der Waals surface area contributed by atoms with Crippen LogP contribution in [0.2, 0.25) is 0 Å². The summed E-state index contributed by atoms with van der Waals surface area (Å²) in [5.74, 6) is -1.17. The Balaban J connectivity index is 1.88. The molecule has 1 aliphatic rings. The molecular weight excluding hydrogens is 248 g/mol. The van der Waals surface area contributed by atoms with Crippen molar-refractivity contribution in [1.29, 1.82) is 0 Å². The van der Waals surface area contributed by atoms with Crippen LogP contribution < -0.4 is 5.32 Å². The van der Waals surface area contributed by atoms with E-state index in [0.29, 0.717) is 18.2 Å². The molecule has 5 heteroatoms. The minimum absolute atomic E-state index is 0.122. The van der Waals surface area contributed by atoms with Crippen LogP contribution in [0.1, 0.15) is 24.0 Å². The van der Waals surface area contributed by atoms with Crippen LogP contribution in [0.25, 0.3) is 5.69 Å². The smallest absolute Gasteiger partial charge is 0.152 e. The average molecular weight is 263 g/mol. The Bertz CT molecular complexity index is 579. The zero-order valence-electron chi connectivity index (χ0n) is 10.7. The minimum Gasteiger partial charge on any atom is -0.310 e. The van der Waals surface area contributed by atoms with E-state index in [4.69, 9.17) is 0 Å². The molecule has 3 rings (SSSR count). The molecule has 0 atom stereocenters.